The molecule has 0 fully saturated rings. The van der Waals surface area contributed by atoms with Gasteiger partial charge in [0.05, 0.1) is 0 Å². The molecule has 0 unspecified atom stereocenters. The minimum absolute atomic E-state index is 0.126. The van der Waals surface area contributed by atoms with Gasteiger partial charge in [0.2, 0.25) is 5.88 Å². The van der Waals surface area contributed by atoms with E-state index in [-0.39, 0.29) is 5.88 Å². The topological polar surface area (TPSA) is 22.1 Å². The van der Waals surface area contributed by atoms with Crippen molar-refractivity contribution in [2.24, 2.45) is 0 Å². The van der Waals surface area contributed by atoms with Gasteiger partial charge in [0, 0.05) is 21.2 Å². The monoisotopic (exact) mass is 351 g/mol. The fourth-order valence-corrected chi connectivity index (χ4v) is 2.28. The van der Waals surface area contributed by atoms with Crippen molar-refractivity contribution in [2.45, 2.75) is 19.2 Å². The maximum atomic E-state index is 12.0. The number of ether oxygens (including phenoxy) is 1. The highest BCUT2D eigenvalue weighted by molar-refractivity contribution is 14.1. The molecule has 1 heterocycles. The molecule has 0 spiro atoms. The number of aromatic nitrogens is 1. The molecule has 84 valence electrons. The summed E-state index contributed by atoms with van der Waals surface area (Å²) in [6.07, 6.45) is -3.43. The third kappa shape index (κ3) is 3.37. The van der Waals surface area contributed by atoms with E-state index in [1.54, 1.807) is 0 Å². The second kappa shape index (κ2) is 4.73. The molecular formula is C8H6ClF3INO. The molecule has 0 radical (unpaired) electrons. The van der Waals surface area contributed by atoms with Crippen molar-refractivity contribution in [3.8, 4) is 5.88 Å². The predicted octanol–water partition coefficient (Wildman–Crippen LogP) is 3.63. The quantitative estimate of drug-likeness (QED) is 0.600. The molecule has 0 saturated carbocycles. The molecule has 15 heavy (non-hydrogen) atoms. The van der Waals surface area contributed by atoms with E-state index in [1.165, 1.54) is 13.1 Å². The number of nitrogens with zero attached hydrogens (tertiary/aromatic N) is 1. The molecule has 0 N–H and O–H groups in total. The van der Waals surface area contributed by atoms with E-state index in [9.17, 15) is 13.2 Å². The van der Waals surface area contributed by atoms with Crippen molar-refractivity contribution in [1.29, 1.82) is 0 Å². The summed E-state index contributed by atoms with van der Waals surface area (Å²) in [7, 11) is 0. The Kier molecular flexibility index (Phi) is 4.05. The van der Waals surface area contributed by atoms with Crippen LogP contribution in [0.1, 0.15) is 11.1 Å². The molecule has 0 aliphatic heterocycles. The van der Waals surface area contributed by atoms with Crippen LogP contribution < -0.4 is 4.74 Å². The normalized spacial score (nSPS) is 11.6. The minimum Gasteiger partial charge on any atom is -0.388 e. The molecule has 0 atom stereocenters. The second-order valence-electron chi connectivity index (χ2n) is 2.70. The lowest BCUT2D eigenvalue weighted by Crippen LogP contribution is -2.19. The van der Waals surface area contributed by atoms with Crippen LogP contribution in [0.5, 0.6) is 5.88 Å². The number of rotatable bonds is 2. The molecule has 0 aromatic carbocycles. The summed E-state index contributed by atoms with van der Waals surface area (Å²) in [6.45, 7) is 1.49. The van der Waals surface area contributed by atoms with Crippen LogP contribution in [-0.2, 0) is 5.88 Å². The van der Waals surface area contributed by atoms with Gasteiger partial charge in [-0.25, -0.2) is 4.98 Å². The molecule has 0 amide bonds. The standard InChI is InChI=1S/C8H6ClF3INO/c1-4-5(2-9)6(13)3-14-7(4)15-8(10,11)12/h3H,2H2,1H3. The Labute approximate surface area is 103 Å². The summed E-state index contributed by atoms with van der Waals surface area (Å²) in [5.74, 6) is -0.320. The van der Waals surface area contributed by atoms with Gasteiger partial charge in [-0.1, -0.05) is 0 Å². The van der Waals surface area contributed by atoms with E-state index in [2.05, 4.69) is 9.72 Å². The van der Waals surface area contributed by atoms with Crippen molar-refractivity contribution in [3.05, 3.63) is 20.9 Å². The van der Waals surface area contributed by atoms with E-state index >= 15 is 0 Å². The Hall–Kier alpha value is -0.240. The van der Waals surface area contributed by atoms with Gasteiger partial charge in [0.1, 0.15) is 0 Å². The third-order valence-corrected chi connectivity index (χ3v) is 2.90. The predicted molar refractivity (Wildman–Crippen MR) is 57.9 cm³/mol. The summed E-state index contributed by atoms with van der Waals surface area (Å²) in [5.41, 5.74) is 0.917. The lowest BCUT2D eigenvalue weighted by atomic mass is 10.2. The zero-order valence-electron chi connectivity index (χ0n) is 7.53. The molecule has 2 nitrogen and oxygen atoms in total. The highest BCUT2D eigenvalue weighted by Gasteiger charge is 2.32. The van der Waals surface area contributed by atoms with Gasteiger partial charge >= 0.3 is 6.36 Å². The van der Waals surface area contributed by atoms with Crippen LogP contribution in [0.2, 0.25) is 0 Å². The van der Waals surface area contributed by atoms with Crippen LogP contribution >= 0.6 is 34.2 Å². The summed E-state index contributed by atoms with van der Waals surface area (Å²) < 4.78 is 40.4. The Morgan fingerprint density at radius 2 is 2.13 bits per heavy atom. The number of hydrogen-bond acceptors (Lipinski definition) is 2. The number of pyridine rings is 1. The van der Waals surface area contributed by atoms with Crippen LogP contribution in [0.3, 0.4) is 0 Å². The number of alkyl halides is 4. The van der Waals surface area contributed by atoms with Crippen molar-refractivity contribution in [2.75, 3.05) is 0 Å². The first-order chi connectivity index (χ1) is 6.85. The molecule has 0 aliphatic rings. The summed E-state index contributed by atoms with van der Waals surface area (Å²) >= 11 is 7.57. The average Bonchev–Trinajstić information content (AvgIpc) is 2.09. The van der Waals surface area contributed by atoms with Crippen LogP contribution in [-0.4, -0.2) is 11.3 Å². The summed E-state index contributed by atoms with van der Waals surface area (Å²) in [5, 5.41) is 0. The second-order valence-corrected chi connectivity index (χ2v) is 4.13. The molecule has 7 heteroatoms. The maximum absolute atomic E-state index is 12.0. The minimum atomic E-state index is -4.73. The van der Waals surface area contributed by atoms with Gasteiger partial charge in [-0.15, -0.1) is 24.8 Å². The molecule has 1 aromatic heterocycles. The van der Waals surface area contributed by atoms with E-state index in [1.807, 2.05) is 22.6 Å². The molecule has 1 rings (SSSR count). The van der Waals surface area contributed by atoms with Crippen LogP contribution in [0.15, 0.2) is 6.20 Å². The first-order valence-electron chi connectivity index (χ1n) is 3.81. The van der Waals surface area contributed by atoms with Gasteiger partial charge < -0.3 is 4.74 Å². The van der Waals surface area contributed by atoms with E-state index in [0.717, 1.165) is 3.57 Å². The van der Waals surface area contributed by atoms with E-state index in [0.29, 0.717) is 11.1 Å². The zero-order valence-corrected chi connectivity index (χ0v) is 10.4. The van der Waals surface area contributed by atoms with Crippen LogP contribution in [0.25, 0.3) is 0 Å². The van der Waals surface area contributed by atoms with E-state index < -0.39 is 12.2 Å². The SMILES string of the molecule is Cc1c(OC(F)(F)F)ncc(I)c1CCl. The third-order valence-electron chi connectivity index (χ3n) is 1.70. The highest BCUT2D eigenvalue weighted by Crippen LogP contribution is 2.28. The lowest BCUT2D eigenvalue weighted by molar-refractivity contribution is -0.276. The Balaban J connectivity index is 3.11. The lowest BCUT2D eigenvalue weighted by Gasteiger charge is -2.12. The Morgan fingerprint density at radius 3 is 2.60 bits per heavy atom. The van der Waals surface area contributed by atoms with Crippen molar-refractivity contribution in [1.82, 2.24) is 4.98 Å². The highest BCUT2D eigenvalue weighted by atomic mass is 127. The fraction of sp³-hybridized carbons (Fsp3) is 0.375. The van der Waals surface area contributed by atoms with Gasteiger partial charge in [-0.3, -0.25) is 0 Å². The van der Waals surface area contributed by atoms with Gasteiger partial charge in [-0.05, 0) is 35.1 Å². The molecule has 0 bridgehead atoms. The Bertz CT molecular complexity index is 370. The Morgan fingerprint density at radius 1 is 1.53 bits per heavy atom. The largest absolute Gasteiger partial charge is 0.574 e. The summed E-state index contributed by atoms with van der Waals surface area (Å²) in [4.78, 5) is 3.56. The number of halogens is 5. The first kappa shape index (κ1) is 12.8. The summed E-state index contributed by atoms with van der Waals surface area (Å²) in [6, 6.07) is 0. The molecule has 0 saturated heterocycles. The molecule has 0 aliphatic carbocycles. The van der Waals surface area contributed by atoms with Crippen LogP contribution in [0.4, 0.5) is 13.2 Å². The molecule has 1 aromatic rings. The molecular weight excluding hydrogens is 345 g/mol. The first-order valence-corrected chi connectivity index (χ1v) is 5.42. The maximum Gasteiger partial charge on any atom is 0.574 e. The van der Waals surface area contributed by atoms with Gasteiger partial charge in [0.25, 0.3) is 0 Å². The van der Waals surface area contributed by atoms with Crippen LogP contribution in [0, 0.1) is 10.5 Å². The van der Waals surface area contributed by atoms with Gasteiger partial charge in [-0.2, -0.15) is 0 Å². The van der Waals surface area contributed by atoms with Gasteiger partial charge in [0.15, 0.2) is 0 Å². The van der Waals surface area contributed by atoms with Crippen molar-refractivity contribution < 1.29 is 17.9 Å². The fourth-order valence-electron chi connectivity index (χ4n) is 0.975. The average molecular weight is 351 g/mol. The van der Waals surface area contributed by atoms with E-state index in [4.69, 9.17) is 11.6 Å². The number of hydrogen-bond donors (Lipinski definition) is 0. The van der Waals surface area contributed by atoms with Crippen molar-refractivity contribution in [3.63, 3.8) is 0 Å². The smallest absolute Gasteiger partial charge is 0.388 e. The van der Waals surface area contributed by atoms with Crippen molar-refractivity contribution >= 4 is 34.2 Å². The zero-order chi connectivity index (χ0) is 11.6.